The Kier molecular flexibility index (Phi) is 2.50. The highest BCUT2D eigenvalue weighted by atomic mass is 16.1. The number of aryl methyl sites for hydroxylation is 1. The van der Waals surface area contributed by atoms with Crippen LogP contribution in [-0.4, -0.2) is 4.57 Å². The first kappa shape index (κ1) is 10.6. The third-order valence-corrected chi connectivity index (χ3v) is 3.96. The van der Waals surface area contributed by atoms with E-state index < -0.39 is 0 Å². The van der Waals surface area contributed by atoms with E-state index in [4.69, 9.17) is 0 Å². The van der Waals surface area contributed by atoms with E-state index in [1.54, 1.807) is 4.57 Å². The van der Waals surface area contributed by atoms with Gasteiger partial charge in [0.05, 0.1) is 5.52 Å². The average molecular weight is 227 g/mol. The maximum Gasteiger partial charge on any atom is 0.254 e. The minimum Gasteiger partial charge on any atom is -0.311 e. The Morgan fingerprint density at radius 3 is 2.65 bits per heavy atom. The highest BCUT2D eigenvalue weighted by molar-refractivity contribution is 5.79. The van der Waals surface area contributed by atoms with Gasteiger partial charge in [0, 0.05) is 12.6 Å². The van der Waals surface area contributed by atoms with Gasteiger partial charge in [-0.05, 0) is 36.3 Å². The van der Waals surface area contributed by atoms with Crippen LogP contribution in [0.5, 0.6) is 0 Å². The zero-order valence-electron chi connectivity index (χ0n) is 10.1. The van der Waals surface area contributed by atoms with Crippen molar-refractivity contribution in [2.24, 2.45) is 7.05 Å². The Balaban J connectivity index is 2.25. The number of para-hydroxylation sites is 1. The van der Waals surface area contributed by atoms with Crippen LogP contribution in [0.15, 0.2) is 35.1 Å². The Bertz CT molecular complexity index is 606. The van der Waals surface area contributed by atoms with Crippen LogP contribution in [-0.2, 0) is 7.05 Å². The predicted octanol–water partition coefficient (Wildman–Crippen LogP) is 3.20. The molecule has 0 atom stereocenters. The van der Waals surface area contributed by atoms with Crippen LogP contribution in [0.1, 0.15) is 37.2 Å². The Morgan fingerprint density at radius 1 is 1.18 bits per heavy atom. The highest BCUT2D eigenvalue weighted by Crippen LogP contribution is 2.33. The molecule has 1 saturated carbocycles. The molecule has 2 nitrogen and oxygen atoms in total. The van der Waals surface area contributed by atoms with Crippen LogP contribution in [0, 0.1) is 0 Å². The number of pyridine rings is 1. The van der Waals surface area contributed by atoms with Crippen LogP contribution >= 0.6 is 0 Å². The molecule has 0 unspecified atom stereocenters. The molecule has 0 bridgehead atoms. The summed E-state index contributed by atoms with van der Waals surface area (Å²) in [7, 11) is 1.88. The van der Waals surface area contributed by atoms with Gasteiger partial charge in [-0.1, -0.05) is 31.0 Å². The zero-order chi connectivity index (χ0) is 11.8. The normalized spacial score (nSPS) is 16.8. The van der Waals surface area contributed by atoms with Gasteiger partial charge in [0.2, 0.25) is 0 Å². The van der Waals surface area contributed by atoms with E-state index in [1.165, 1.54) is 31.1 Å². The summed E-state index contributed by atoms with van der Waals surface area (Å²) in [5.74, 6) is 0.485. The number of rotatable bonds is 1. The third kappa shape index (κ3) is 1.68. The van der Waals surface area contributed by atoms with Crippen molar-refractivity contribution in [3.05, 3.63) is 46.2 Å². The van der Waals surface area contributed by atoms with Crippen LogP contribution in [0.25, 0.3) is 10.9 Å². The van der Waals surface area contributed by atoms with Crippen LogP contribution in [0.4, 0.5) is 0 Å². The molecule has 17 heavy (non-hydrogen) atoms. The quantitative estimate of drug-likeness (QED) is 0.733. The Morgan fingerprint density at radius 2 is 1.88 bits per heavy atom. The molecule has 1 heterocycles. The Hall–Kier alpha value is -1.57. The molecule has 0 aliphatic heterocycles. The Labute approximate surface area is 101 Å². The molecule has 1 aromatic carbocycles. The molecule has 1 fully saturated rings. The molecule has 1 aliphatic carbocycles. The van der Waals surface area contributed by atoms with Crippen LogP contribution in [0.3, 0.4) is 0 Å². The third-order valence-electron chi connectivity index (χ3n) is 3.96. The van der Waals surface area contributed by atoms with Gasteiger partial charge in [0.1, 0.15) is 0 Å². The van der Waals surface area contributed by atoms with Crippen molar-refractivity contribution in [3.63, 3.8) is 0 Å². The first-order valence-electron chi connectivity index (χ1n) is 6.36. The predicted molar refractivity (Wildman–Crippen MR) is 70.4 cm³/mol. The molecule has 1 aromatic heterocycles. The zero-order valence-corrected chi connectivity index (χ0v) is 10.1. The van der Waals surface area contributed by atoms with Gasteiger partial charge in [-0.3, -0.25) is 4.79 Å². The fourth-order valence-corrected chi connectivity index (χ4v) is 2.98. The second-order valence-corrected chi connectivity index (χ2v) is 5.00. The molecule has 88 valence electrons. The first-order chi connectivity index (χ1) is 8.27. The SMILES string of the molecule is Cn1c(=O)c(C2CCCC2)cc2ccccc21. The maximum atomic E-state index is 12.3. The lowest BCUT2D eigenvalue weighted by Crippen LogP contribution is -2.22. The fraction of sp³-hybridized carbons (Fsp3) is 0.400. The maximum absolute atomic E-state index is 12.3. The molecule has 2 aromatic rings. The van der Waals surface area contributed by atoms with Crippen LogP contribution < -0.4 is 5.56 Å². The average Bonchev–Trinajstić information content (AvgIpc) is 2.87. The topological polar surface area (TPSA) is 22.0 Å². The standard InChI is InChI=1S/C15H17NO/c1-16-14-9-5-4-8-12(14)10-13(15(16)17)11-6-2-3-7-11/h4-5,8-11H,2-3,6-7H2,1H3. The van der Waals surface area contributed by atoms with E-state index in [2.05, 4.69) is 12.1 Å². The number of nitrogens with zero attached hydrogens (tertiary/aromatic N) is 1. The van der Waals surface area contributed by atoms with Crippen molar-refractivity contribution in [1.29, 1.82) is 0 Å². The van der Waals surface area contributed by atoms with E-state index in [9.17, 15) is 4.79 Å². The van der Waals surface area contributed by atoms with Gasteiger partial charge < -0.3 is 4.57 Å². The van der Waals surface area contributed by atoms with E-state index in [-0.39, 0.29) is 5.56 Å². The van der Waals surface area contributed by atoms with Crippen molar-refractivity contribution in [2.75, 3.05) is 0 Å². The van der Waals surface area contributed by atoms with Crippen molar-refractivity contribution < 1.29 is 0 Å². The fourth-order valence-electron chi connectivity index (χ4n) is 2.98. The summed E-state index contributed by atoms with van der Waals surface area (Å²) < 4.78 is 1.79. The van der Waals surface area contributed by atoms with Crippen molar-refractivity contribution in [3.8, 4) is 0 Å². The summed E-state index contributed by atoms with van der Waals surface area (Å²) in [6, 6.07) is 10.2. The van der Waals surface area contributed by atoms with Gasteiger partial charge in [0.15, 0.2) is 0 Å². The largest absolute Gasteiger partial charge is 0.311 e. The number of hydrogen-bond acceptors (Lipinski definition) is 1. The molecular formula is C15H17NO. The van der Waals surface area contributed by atoms with Gasteiger partial charge in [-0.15, -0.1) is 0 Å². The number of benzene rings is 1. The second-order valence-electron chi connectivity index (χ2n) is 5.00. The second kappa shape index (κ2) is 4.02. The monoisotopic (exact) mass is 227 g/mol. The number of hydrogen-bond donors (Lipinski definition) is 0. The van der Waals surface area contributed by atoms with Crippen molar-refractivity contribution >= 4 is 10.9 Å². The van der Waals surface area contributed by atoms with Gasteiger partial charge in [0.25, 0.3) is 5.56 Å². The summed E-state index contributed by atoms with van der Waals surface area (Å²) in [5, 5.41) is 1.18. The lowest BCUT2D eigenvalue weighted by atomic mass is 9.97. The molecule has 1 aliphatic rings. The molecule has 0 spiro atoms. The summed E-state index contributed by atoms with van der Waals surface area (Å²) in [5.41, 5.74) is 2.23. The summed E-state index contributed by atoms with van der Waals surface area (Å²) in [4.78, 5) is 12.3. The van der Waals surface area contributed by atoms with Gasteiger partial charge in [-0.2, -0.15) is 0 Å². The summed E-state index contributed by atoms with van der Waals surface area (Å²) >= 11 is 0. The summed E-state index contributed by atoms with van der Waals surface area (Å²) in [6.45, 7) is 0. The molecule has 0 saturated heterocycles. The van der Waals surface area contributed by atoms with Gasteiger partial charge >= 0.3 is 0 Å². The van der Waals surface area contributed by atoms with E-state index in [0.29, 0.717) is 5.92 Å². The number of aromatic nitrogens is 1. The van der Waals surface area contributed by atoms with Crippen LogP contribution in [0.2, 0.25) is 0 Å². The molecular weight excluding hydrogens is 210 g/mol. The van der Waals surface area contributed by atoms with Crippen molar-refractivity contribution in [2.45, 2.75) is 31.6 Å². The molecule has 0 amide bonds. The number of fused-ring (bicyclic) bond motifs is 1. The molecule has 0 radical (unpaired) electrons. The van der Waals surface area contributed by atoms with Crippen molar-refractivity contribution in [1.82, 2.24) is 4.57 Å². The molecule has 2 heteroatoms. The van der Waals surface area contributed by atoms with E-state index in [0.717, 1.165) is 11.1 Å². The minimum atomic E-state index is 0.190. The van der Waals surface area contributed by atoms with E-state index >= 15 is 0 Å². The van der Waals surface area contributed by atoms with E-state index in [1.807, 2.05) is 25.2 Å². The lowest BCUT2D eigenvalue weighted by Gasteiger charge is -2.12. The summed E-state index contributed by atoms with van der Waals surface area (Å²) in [6.07, 6.45) is 4.88. The first-order valence-corrected chi connectivity index (χ1v) is 6.36. The smallest absolute Gasteiger partial charge is 0.254 e. The molecule has 0 N–H and O–H groups in total. The van der Waals surface area contributed by atoms with Gasteiger partial charge in [-0.25, -0.2) is 0 Å². The minimum absolute atomic E-state index is 0.190. The molecule has 3 rings (SSSR count). The highest BCUT2D eigenvalue weighted by Gasteiger charge is 2.21. The lowest BCUT2D eigenvalue weighted by molar-refractivity contribution is 0.700.